The van der Waals surface area contributed by atoms with E-state index in [4.69, 9.17) is 4.74 Å². The van der Waals surface area contributed by atoms with Crippen LogP contribution in [0.15, 0.2) is 12.7 Å². The van der Waals surface area contributed by atoms with Crippen molar-refractivity contribution < 1.29 is 14.3 Å². The first kappa shape index (κ1) is 16.7. The number of rotatable bonds is 9. The van der Waals surface area contributed by atoms with Crippen LogP contribution >= 0.6 is 0 Å². The molecule has 2 atom stereocenters. The predicted molar refractivity (Wildman–Crippen MR) is 79.1 cm³/mol. The van der Waals surface area contributed by atoms with Gasteiger partial charge in [-0.3, -0.25) is 9.59 Å². The van der Waals surface area contributed by atoms with E-state index in [-0.39, 0.29) is 24.2 Å². The monoisotopic (exact) mass is 281 g/mol. The zero-order valence-electron chi connectivity index (χ0n) is 12.8. The van der Waals surface area contributed by atoms with Crippen molar-refractivity contribution in [1.82, 2.24) is 4.90 Å². The van der Waals surface area contributed by atoms with Gasteiger partial charge in [0, 0.05) is 19.5 Å². The molecule has 20 heavy (non-hydrogen) atoms. The van der Waals surface area contributed by atoms with Gasteiger partial charge in [-0.05, 0) is 12.3 Å². The Hall–Kier alpha value is -1.32. The van der Waals surface area contributed by atoms with Crippen molar-refractivity contribution in [3.05, 3.63) is 12.7 Å². The quantitative estimate of drug-likeness (QED) is 0.482. The minimum atomic E-state index is -0.300. The molecule has 0 aromatic carbocycles. The number of hydrogen-bond acceptors (Lipinski definition) is 3. The van der Waals surface area contributed by atoms with E-state index in [1.807, 2.05) is 0 Å². The van der Waals surface area contributed by atoms with Crippen LogP contribution in [0.2, 0.25) is 0 Å². The molecule has 2 unspecified atom stereocenters. The average Bonchev–Trinajstić information content (AvgIpc) is 2.81. The number of ether oxygens (including phenoxy) is 1. The number of carbonyl (C=O) groups excluding carboxylic acids is 2. The van der Waals surface area contributed by atoms with Crippen molar-refractivity contribution in [3.63, 3.8) is 0 Å². The number of unbranched alkanes of at least 4 members (excludes halogenated alkanes) is 1. The topological polar surface area (TPSA) is 46.6 Å². The number of carbonyl (C=O) groups is 2. The highest BCUT2D eigenvalue weighted by Gasteiger charge is 2.34. The summed E-state index contributed by atoms with van der Waals surface area (Å²) >= 11 is 0. The first-order chi connectivity index (χ1) is 9.62. The highest BCUT2D eigenvalue weighted by molar-refractivity contribution is 5.86. The van der Waals surface area contributed by atoms with Gasteiger partial charge in [-0.1, -0.05) is 39.2 Å². The first-order valence-electron chi connectivity index (χ1n) is 7.67. The highest BCUT2D eigenvalue weighted by atomic mass is 16.5. The van der Waals surface area contributed by atoms with Gasteiger partial charge in [-0.25, -0.2) is 0 Å². The molecule has 0 bridgehead atoms. The normalized spacial score (nSPS) is 20.0. The highest BCUT2D eigenvalue weighted by Crippen LogP contribution is 2.20. The predicted octanol–water partition coefficient (Wildman–Crippen LogP) is 2.78. The molecular formula is C16H27NO3. The molecule has 4 nitrogen and oxygen atoms in total. The molecule has 1 rings (SSSR count). The lowest BCUT2D eigenvalue weighted by Crippen LogP contribution is -2.27. The minimum Gasteiger partial charge on any atom is -0.465 e. The Labute approximate surface area is 122 Å². The lowest BCUT2D eigenvalue weighted by atomic mass is 10.0. The Kier molecular flexibility index (Phi) is 7.34. The minimum absolute atomic E-state index is 0.0184. The third-order valence-corrected chi connectivity index (χ3v) is 3.90. The molecule has 0 N–H and O–H groups in total. The van der Waals surface area contributed by atoms with Crippen LogP contribution in [0.5, 0.6) is 0 Å². The second-order valence-corrected chi connectivity index (χ2v) is 5.53. The van der Waals surface area contributed by atoms with Gasteiger partial charge in [0.2, 0.25) is 5.91 Å². The SMILES string of the molecule is C=CCN1CC(C(=O)OCC(CC)CCCC)CC1=O. The number of nitrogens with zero attached hydrogens (tertiary/aromatic N) is 1. The fourth-order valence-corrected chi connectivity index (χ4v) is 2.48. The van der Waals surface area contributed by atoms with Gasteiger partial charge in [0.15, 0.2) is 0 Å². The molecule has 0 aromatic rings. The van der Waals surface area contributed by atoms with E-state index < -0.39 is 0 Å². The summed E-state index contributed by atoms with van der Waals surface area (Å²) in [5.74, 6) is -0.0591. The van der Waals surface area contributed by atoms with E-state index in [1.165, 1.54) is 6.42 Å². The molecular weight excluding hydrogens is 254 g/mol. The lowest BCUT2D eigenvalue weighted by molar-refractivity contribution is -0.149. The summed E-state index contributed by atoms with van der Waals surface area (Å²) in [4.78, 5) is 25.4. The molecule has 1 heterocycles. The van der Waals surface area contributed by atoms with Crippen molar-refractivity contribution in [1.29, 1.82) is 0 Å². The molecule has 1 amide bonds. The maximum absolute atomic E-state index is 12.0. The van der Waals surface area contributed by atoms with E-state index in [1.54, 1.807) is 11.0 Å². The van der Waals surface area contributed by atoms with Crippen molar-refractivity contribution in [2.24, 2.45) is 11.8 Å². The molecule has 0 radical (unpaired) electrons. The zero-order valence-corrected chi connectivity index (χ0v) is 12.8. The van der Waals surface area contributed by atoms with Crippen molar-refractivity contribution in [2.75, 3.05) is 19.7 Å². The van der Waals surface area contributed by atoms with Crippen LogP contribution in [0.4, 0.5) is 0 Å². The second kappa shape index (κ2) is 8.77. The maximum Gasteiger partial charge on any atom is 0.311 e. The van der Waals surface area contributed by atoms with E-state index in [0.717, 1.165) is 19.3 Å². The number of amides is 1. The average molecular weight is 281 g/mol. The molecule has 114 valence electrons. The molecule has 0 spiro atoms. The van der Waals surface area contributed by atoms with Gasteiger partial charge in [-0.15, -0.1) is 6.58 Å². The molecule has 0 aliphatic carbocycles. The summed E-state index contributed by atoms with van der Waals surface area (Å²) in [7, 11) is 0. The fraction of sp³-hybridized carbons (Fsp3) is 0.750. The standard InChI is InChI=1S/C16H27NO3/c1-4-7-8-13(6-3)12-20-16(19)14-10-15(18)17(11-14)9-5-2/h5,13-14H,2,4,6-12H2,1,3H3. The Bertz CT molecular complexity index is 341. The third-order valence-electron chi connectivity index (χ3n) is 3.90. The molecule has 1 saturated heterocycles. The number of hydrogen-bond donors (Lipinski definition) is 0. The summed E-state index contributed by atoms with van der Waals surface area (Å²) in [6.07, 6.45) is 6.43. The first-order valence-corrected chi connectivity index (χ1v) is 7.67. The summed E-state index contributed by atoms with van der Waals surface area (Å²) in [5.41, 5.74) is 0. The molecule has 1 aliphatic heterocycles. The van der Waals surface area contributed by atoms with Gasteiger partial charge < -0.3 is 9.64 Å². The molecule has 4 heteroatoms. The summed E-state index contributed by atoms with van der Waals surface area (Å²) in [6.45, 7) is 9.37. The van der Waals surface area contributed by atoms with E-state index >= 15 is 0 Å². The van der Waals surface area contributed by atoms with Crippen LogP contribution in [0, 0.1) is 11.8 Å². The Balaban J connectivity index is 2.35. The van der Waals surface area contributed by atoms with Crippen LogP contribution in [0.25, 0.3) is 0 Å². The fourth-order valence-electron chi connectivity index (χ4n) is 2.48. The van der Waals surface area contributed by atoms with Crippen molar-refractivity contribution in [2.45, 2.75) is 46.0 Å². The molecule has 0 aromatic heterocycles. The third kappa shape index (κ3) is 4.99. The van der Waals surface area contributed by atoms with Gasteiger partial charge in [-0.2, -0.15) is 0 Å². The smallest absolute Gasteiger partial charge is 0.311 e. The Morgan fingerprint density at radius 2 is 2.30 bits per heavy atom. The molecule has 0 saturated carbocycles. The summed E-state index contributed by atoms with van der Waals surface area (Å²) in [5, 5.41) is 0. The van der Waals surface area contributed by atoms with Gasteiger partial charge in [0.05, 0.1) is 12.5 Å². The van der Waals surface area contributed by atoms with Gasteiger partial charge in [0.1, 0.15) is 0 Å². The Morgan fingerprint density at radius 3 is 2.90 bits per heavy atom. The summed E-state index contributed by atoms with van der Waals surface area (Å²) in [6, 6.07) is 0. The molecule has 1 fully saturated rings. The van der Waals surface area contributed by atoms with Crippen LogP contribution in [0.3, 0.4) is 0 Å². The van der Waals surface area contributed by atoms with Crippen LogP contribution in [-0.4, -0.2) is 36.5 Å². The Morgan fingerprint density at radius 1 is 1.55 bits per heavy atom. The number of likely N-dealkylation sites (tertiary alicyclic amines) is 1. The van der Waals surface area contributed by atoms with E-state index in [0.29, 0.717) is 25.6 Å². The summed E-state index contributed by atoms with van der Waals surface area (Å²) < 4.78 is 5.41. The second-order valence-electron chi connectivity index (χ2n) is 5.53. The van der Waals surface area contributed by atoms with E-state index in [9.17, 15) is 9.59 Å². The molecule has 1 aliphatic rings. The zero-order chi connectivity index (χ0) is 15.0. The maximum atomic E-state index is 12.0. The van der Waals surface area contributed by atoms with Gasteiger partial charge in [0.25, 0.3) is 0 Å². The van der Waals surface area contributed by atoms with E-state index in [2.05, 4.69) is 20.4 Å². The van der Waals surface area contributed by atoms with Crippen molar-refractivity contribution in [3.8, 4) is 0 Å². The largest absolute Gasteiger partial charge is 0.465 e. The van der Waals surface area contributed by atoms with Crippen LogP contribution < -0.4 is 0 Å². The van der Waals surface area contributed by atoms with Crippen LogP contribution in [0.1, 0.15) is 46.0 Å². The lowest BCUT2D eigenvalue weighted by Gasteiger charge is -2.17. The van der Waals surface area contributed by atoms with Crippen LogP contribution in [-0.2, 0) is 14.3 Å². The number of esters is 1. The van der Waals surface area contributed by atoms with Crippen molar-refractivity contribution >= 4 is 11.9 Å². The van der Waals surface area contributed by atoms with Gasteiger partial charge >= 0.3 is 5.97 Å².